The van der Waals surface area contributed by atoms with E-state index in [0.717, 1.165) is 10.9 Å². The summed E-state index contributed by atoms with van der Waals surface area (Å²) in [5.41, 5.74) is 29.8. The number of hydrogen-bond acceptors (Lipinski definition) is 14. The molecule has 0 bridgehead atoms. The van der Waals surface area contributed by atoms with Crippen LogP contribution in [0.25, 0.3) is 10.9 Å². The van der Waals surface area contributed by atoms with Gasteiger partial charge in [0.15, 0.2) is 11.9 Å². The smallest absolute Gasteiger partial charge is 0.243 e. The zero-order chi connectivity index (χ0) is 54.3. The second-order valence-electron chi connectivity index (χ2n) is 18.2. The van der Waals surface area contributed by atoms with E-state index in [2.05, 4.69) is 57.5 Å². The lowest BCUT2D eigenvalue weighted by atomic mass is 10.0. The first-order chi connectivity index (χ1) is 35.2. The van der Waals surface area contributed by atoms with Crippen LogP contribution in [0.4, 0.5) is 0 Å². The van der Waals surface area contributed by atoms with Gasteiger partial charge in [0.05, 0.1) is 36.7 Å². The van der Waals surface area contributed by atoms with Crippen LogP contribution in [0.15, 0.2) is 70.8 Å². The summed E-state index contributed by atoms with van der Waals surface area (Å²) in [4.78, 5) is 107. The normalized spacial score (nSPS) is 23.3. The molecule has 0 saturated carbocycles. The van der Waals surface area contributed by atoms with Crippen molar-refractivity contribution < 1.29 is 48.9 Å². The minimum atomic E-state index is -1.89. The van der Waals surface area contributed by atoms with Gasteiger partial charge >= 0.3 is 0 Å². The van der Waals surface area contributed by atoms with Crippen LogP contribution in [-0.4, -0.2) is 154 Å². The molecular formula is C48H74N16O10. The predicted molar refractivity (Wildman–Crippen MR) is 276 cm³/mol. The number of hydrogen-bond donors (Lipinski definition) is 17. The molecule has 0 aliphatic carbocycles. The van der Waals surface area contributed by atoms with E-state index in [0.29, 0.717) is 11.1 Å². The highest BCUT2D eigenvalue weighted by atomic mass is 16.3. The number of nitrogens with two attached hydrogens (primary N) is 5. The Labute approximate surface area is 428 Å². The van der Waals surface area contributed by atoms with E-state index in [-0.39, 0.29) is 89.3 Å². The number of primary amides is 1. The van der Waals surface area contributed by atoms with Crippen molar-refractivity contribution in [3.63, 3.8) is 0 Å². The fourth-order valence-electron chi connectivity index (χ4n) is 8.32. The molecule has 22 N–H and O–H groups in total. The molecule has 1 fully saturated rings. The number of rotatable bonds is 18. The lowest BCUT2D eigenvalue weighted by Gasteiger charge is -2.33. The summed E-state index contributed by atoms with van der Waals surface area (Å²) in [6, 6.07) is 6.51. The molecule has 74 heavy (non-hydrogen) atoms. The molecule has 3 aromatic rings. The Balaban J connectivity index is 1.76. The molecule has 1 aliphatic heterocycles. The minimum absolute atomic E-state index is 0.0273. The molecule has 1 aliphatic rings. The number of nitrogens with zero attached hydrogens (tertiary/aromatic N) is 2. The summed E-state index contributed by atoms with van der Waals surface area (Å²) >= 11 is 0. The molecular weight excluding hydrogens is 961 g/mol. The maximum Gasteiger partial charge on any atom is 0.243 e. The number of aliphatic hydroxyl groups excluding tert-OH is 3. The monoisotopic (exact) mass is 1030 g/mol. The fraction of sp³-hybridized carbons (Fsp3) is 0.521. The number of aliphatic hydroxyl groups is 3. The second kappa shape index (κ2) is 30.0. The van der Waals surface area contributed by atoms with Gasteiger partial charge in [-0.2, -0.15) is 0 Å². The van der Waals surface area contributed by atoms with Gasteiger partial charge in [-0.15, -0.1) is 0 Å². The SMILES string of the molecule is CC(=O)N[C@@H](CCCN=C(N)N)C(O)N[C@H]1CC(=O)NCCCC[C@@H](C(N)=O)NC(=O)[C@H](Cc2c[nH]c3ccccc23)NC(=O)[C@H](CCCN=C(N)N)NC(=O)[C@@H](Cc2ccccc2)NC(O)[C@@H]([C@@H](C)O)NC1=O. The highest BCUT2D eigenvalue weighted by molar-refractivity contribution is 5.95. The van der Waals surface area contributed by atoms with Crippen molar-refractivity contribution >= 4 is 64.2 Å². The van der Waals surface area contributed by atoms with Crippen molar-refractivity contribution in [1.82, 2.24) is 47.5 Å². The van der Waals surface area contributed by atoms with Gasteiger partial charge in [0, 0.05) is 50.1 Å². The molecule has 0 spiro atoms. The number of H-pyrrole nitrogens is 1. The Morgan fingerprint density at radius 1 is 0.770 bits per heavy atom. The second-order valence-corrected chi connectivity index (χ2v) is 18.2. The molecule has 2 unspecified atom stereocenters. The van der Waals surface area contributed by atoms with E-state index in [4.69, 9.17) is 28.7 Å². The number of para-hydroxylation sites is 1. The minimum Gasteiger partial charge on any atom is -0.391 e. The first-order valence-corrected chi connectivity index (χ1v) is 24.5. The van der Waals surface area contributed by atoms with Crippen molar-refractivity contribution in [1.29, 1.82) is 0 Å². The van der Waals surface area contributed by atoms with Crippen LogP contribution in [0, 0.1) is 0 Å². The first kappa shape index (κ1) is 59.2. The standard InChI is InChI=1S/C48H74N16O10/c1-26(65)39-46(74)63-35(22-28-12-4-3-5-13-28)43(71)60-34(18-11-21-56-48(52)53)42(70)61-36(23-29-25-57-31-15-7-6-14-30(29)31)44(72)59-32(40(49)68)16-8-9-19-54-38(67)24-37(45(73)64-39)62-41(69)33(58-27(2)66)17-10-20-55-47(50)51/h3-7,12-15,25-26,32-37,39,41,46,57,62-63,65,69,74H,8-11,16-24H2,1-2H3,(H2,49,68)(H,54,67)(H,58,66)(H,59,72)(H,60,71)(H,61,70)(H,64,73)(H4,50,51,55)(H4,52,53,56)/t26-,32+,33+,34+,35-,36+,37+,39-,41?,46?/m1/s1. The molecule has 4 rings (SSSR count). The maximum atomic E-state index is 14.6. The van der Waals surface area contributed by atoms with Gasteiger partial charge < -0.3 is 80.9 Å². The molecule has 1 saturated heterocycles. The van der Waals surface area contributed by atoms with Crippen molar-refractivity contribution in [2.24, 2.45) is 38.7 Å². The summed E-state index contributed by atoms with van der Waals surface area (Å²) in [5.74, 6) is -5.78. The highest BCUT2D eigenvalue weighted by Crippen LogP contribution is 2.20. The van der Waals surface area contributed by atoms with Crippen LogP contribution in [0.2, 0.25) is 0 Å². The highest BCUT2D eigenvalue weighted by Gasteiger charge is 2.36. The van der Waals surface area contributed by atoms with Crippen LogP contribution < -0.4 is 71.2 Å². The number of amides is 7. The quantitative estimate of drug-likeness (QED) is 0.0248. The third-order valence-electron chi connectivity index (χ3n) is 12.2. The molecule has 2 heterocycles. The summed E-state index contributed by atoms with van der Waals surface area (Å²) in [6.45, 7) is 2.73. The number of nitrogens with one attached hydrogen (secondary N) is 9. The summed E-state index contributed by atoms with van der Waals surface area (Å²) in [5, 5.41) is 56.6. The fourth-order valence-corrected chi connectivity index (χ4v) is 8.32. The maximum absolute atomic E-state index is 14.6. The van der Waals surface area contributed by atoms with E-state index in [1.165, 1.54) is 13.8 Å². The van der Waals surface area contributed by atoms with Crippen molar-refractivity contribution in [3.8, 4) is 0 Å². The Bertz CT molecular complexity index is 2390. The van der Waals surface area contributed by atoms with Crippen molar-refractivity contribution in [2.75, 3.05) is 19.6 Å². The molecule has 7 amide bonds. The molecule has 1 aromatic heterocycles. The van der Waals surface area contributed by atoms with Gasteiger partial charge in [-0.05, 0) is 75.5 Å². The van der Waals surface area contributed by atoms with Crippen LogP contribution in [-0.2, 0) is 46.4 Å². The Hall–Kier alpha value is -7.39. The molecule has 26 nitrogen and oxygen atoms in total. The van der Waals surface area contributed by atoms with Gasteiger partial charge in [0.1, 0.15) is 30.6 Å². The van der Waals surface area contributed by atoms with Crippen LogP contribution >= 0.6 is 0 Å². The first-order valence-electron chi connectivity index (χ1n) is 24.5. The van der Waals surface area contributed by atoms with E-state index in [1.807, 2.05) is 24.3 Å². The largest absolute Gasteiger partial charge is 0.391 e. The van der Waals surface area contributed by atoms with Gasteiger partial charge in [-0.3, -0.25) is 54.2 Å². The van der Waals surface area contributed by atoms with E-state index < -0.39 is 109 Å². The number of carbonyl (C=O) groups excluding carboxylic acids is 7. The Morgan fingerprint density at radius 2 is 1.41 bits per heavy atom. The number of carbonyl (C=O) groups is 7. The number of fused-ring (bicyclic) bond motifs is 1. The topological polar surface area (TPSA) is 447 Å². The number of benzene rings is 2. The average molecular weight is 1040 g/mol. The predicted octanol–water partition coefficient (Wildman–Crippen LogP) is -4.39. The van der Waals surface area contributed by atoms with Gasteiger partial charge in [-0.1, -0.05) is 48.5 Å². The Kier molecular flexibility index (Phi) is 24.0. The number of aliphatic imine (C=N–C) groups is 2. The number of aromatic nitrogens is 1. The van der Waals surface area contributed by atoms with Crippen LogP contribution in [0.5, 0.6) is 0 Å². The third kappa shape index (κ3) is 19.9. The lowest BCUT2D eigenvalue weighted by Crippen LogP contribution is -2.64. The van der Waals surface area contributed by atoms with E-state index in [9.17, 15) is 48.9 Å². The molecule has 406 valence electrons. The van der Waals surface area contributed by atoms with Crippen molar-refractivity contribution in [2.45, 2.75) is 139 Å². The number of guanidine groups is 2. The van der Waals surface area contributed by atoms with E-state index >= 15 is 0 Å². The zero-order valence-electron chi connectivity index (χ0n) is 41.7. The summed E-state index contributed by atoms with van der Waals surface area (Å²) in [6.07, 6.45) is -3.08. The molecule has 0 radical (unpaired) electrons. The average Bonchev–Trinajstić information content (AvgIpc) is 3.75. The van der Waals surface area contributed by atoms with Gasteiger partial charge in [-0.25, -0.2) is 0 Å². The number of aromatic amines is 1. The summed E-state index contributed by atoms with van der Waals surface area (Å²) in [7, 11) is 0. The summed E-state index contributed by atoms with van der Waals surface area (Å²) < 4.78 is 0. The molecule has 10 atom stereocenters. The van der Waals surface area contributed by atoms with Gasteiger partial charge in [0.25, 0.3) is 0 Å². The van der Waals surface area contributed by atoms with Crippen LogP contribution in [0.1, 0.15) is 76.3 Å². The van der Waals surface area contributed by atoms with Crippen LogP contribution in [0.3, 0.4) is 0 Å². The molecule has 2 aromatic carbocycles. The Morgan fingerprint density at radius 3 is 2.07 bits per heavy atom. The van der Waals surface area contributed by atoms with Gasteiger partial charge in [0.2, 0.25) is 41.4 Å². The zero-order valence-corrected chi connectivity index (χ0v) is 41.7. The van der Waals surface area contributed by atoms with Crippen molar-refractivity contribution in [3.05, 3.63) is 71.9 Å². The van der Waals surface area contributed by atoms with E-state index in [1.54, 1.807) is 36.5 Å². The lowest BCUT2D eigenvalue weighted by molar-refractivity contribution is -0.134. The third-order valence-corrected chi connectivity index (χ3v) is 12.2. The molecule has 26 heteroatoms.